The molecule has 0 heterocycles. The lowest BCUT2D eigenvalue weighted by molar-refractivity contribution is -0.151. The molecule has 0 spiro atoms. The van der Waals surface area contributed by atoms with Gasteiger partial charge in [-0.25, -0.2) is 0 Å². The molecule has 0 saturated heterocycles. The zero-order chi connectivity index (χ0) is 41.0. The molecule has 6 nitrogen and oxygen atoms in total. The Balaban J connectivity index is 4.52. The third-order valence-electron chi connectivity index (χ3n) is 10.4. The van der Waals surface area contributed by atoms with Gasteiger partial charge in [0.15, 0.2) is 0 Å². The van der Waals surface area contributed by atoms with Crippen LogP contribution in [0.1, 0.15) is 220 Å². The lowest BCUT2D eigenvalue weighted by Gasteiger charge is -2.24. The monoisotopic (exact) mass is 784 g/mol. The SMILES string of the molecule is CCC/C=C\CCCCCC(CC(=O)NC(CO)C(O)CCCCCCCCCCCCC)OC(=O)CCCCCCC/C=C/C=C/C=C/C=C/CCCCC. The van der Waals surface area contributed by atoms with Gasteiger partial charge in [-0.1, -0.05) is 197 Å². The minimum atomic E-state index is -0.794. The van der Waals surface area contributed by atoms with E-state index in [1.54, 1.807) is 0 Å². The second kappa shape index (κ2) is 43.7. The van der Waals surface area contributed by atoms with Crippen molar-refractivity contribution in [1.82, 2.24) is 5.32 Å². The molecular formula is C50H89NO5. The van der Waals surface area contributed by atoms with Crippen LogP contribution in [0.3, 0.4) is 0 Å². The number of unbranched alkanes of at least 4 members (excludes halogenated alkanes) is 22. The van der Waals surface area contributed by atoms with Crippen LogP contribution in [0.5, 0.6) is 0 Å². The van der Waals surface area contributed by atoms with E-state index >= 15 is 0 Å². The van der Waals surface area contributed by atoms with Gasteiger partial charge in [0, 0.05) is 6.42 Å². The molecule has 324 valence electrons. The number of rotatable bonds is 41. The second-order valence-electron chi connectivity index (χ2n) is 15.9. The largest absolute Gasteiger partial charge is 0.462 e. The summed E-state index contributed by atoms with van der Waals surface area (Å²) in [5.74, 6) is -0.523. The molecule has 0 rings (SSSR count). The summed E-state index contributed by atoms with van der Waals surface area (Å²) in [4.78, 5) is 25.9. The van der Waals surface area contributed by atoms with Crippen LogP contribution in [-0.2, 0) is 14.3 Å². The Labute approximate surface area is 346 Å². The summed E-state index contributed by atoms with van der Waals surface area (Å²) in [5.41, 5.74) is 0. The van der Waals surface area contributed by atoms with E-state index in [0.29, 0.717) is 19.3 Å². The van der Waals surface area contributed by atoms with Crippen LogP contribution in [0.25, 0.3) is 0 Å². The standard InChI is InChI=1S/C50H89NO5/c1-4-7-10-13-16-19-21-22-23-24-25-26-27-29-31-34-37-40-43-50(55)56-46(41-38-35-32-18-15-12-9-6-3)44-49(54)51-47(45-52)48(53)42-39-36-33-30-28-20-17-14-11-8-5-2/h12,15-16,19,21-26,46-48,52-53H,4-11,13-14,17-18,20,27-45H2,1-3H3,(H,51,54)/b15-12-,19-16+,22-21+,24-23+,26-25+. The molecule has 0 aliphatic rings. The van der Waals surface area contributed by atoms with Crippen LogP contribution in [0.4, 0.5) is 0 Å². The van der Waals surface area contributed by atoms with Crippen molar-refractivity contribution in [3.05, 3.63) is 60.8 Å². The van der Waals surface area contributed by atoms with E-state index in [2.05, 4.69) is 86.8 Å². The number of aliphatic hydroxyl groups excluding tert-OH is 2. The summed E-state index contributed by atoms with van der Waals surface area (Å²) in [6, 6.07) is -0.710. The van der Waals surface area contributed by atoms with Gasteiger partial charge in [0.05, 0.1) is 25.2 Å². The Morgan fingerprint density at radius 3 is 1.55 bits per heavy atom. The first kappa shape index (κ1) is 53.6. The van der Waals surface area contributed by atoms with Gasteiger partial charge in [0.1, 0.15) is 6.10 Å². The van der Waals surface area contributed by atoms with Gasteiger partial charge in [-0.3, -0.25) is 9.59 Å². The molecule has 1 amide bonds. The van der Waals surface area contributed by atoms with Crippen molar-refractivity contribution < 1.29 is 24.5 Å². The number of amides is 1. The van der Waals surface area contributed by atoms with Crippen molar-refractivity contribution in [1.29, 1.82) is 0 Å². The maximum atomic E-state index is 13.1. The lowest BCUT2D eigenvalue weighted by Crippen LogP contribution is -2.46. The molecule has 3 N–H and O–H groups in total. The average molecular weight is 784 g/mol. The van der Waals surface area contributed by atoms with Gasteiger partial charge in [-0.2, -0.15) is 0 Å². The van der Waals surface area contributed by atoms with Crippen molar-refractivity contribution in [2.75, 3.05) is 6.61 Å². The number of hydrogen-bond donors (Lipinski definition) is 3. The molecule has 0 radical (unpaired) electrons. The van der Waals surface area contributed by atoms with Gasteiger partial charge in [-0.05, 0) is 70.6 Å². The van der Waals surface area contributed by atoms with Crippen molar-refractivity contribution in [3.63, 3.8) is 0 Å². The van der Waals surface area contributed by atoms with Crippen LogP contribution in [-0.4, -0.2) is 46.9 Å². The van der Waals surface area contributed by atoms with Crippen LogP contribution in [0.2, 0.25) is 0 Å². The van der Waals surface area contributed by atoms with Crippen molar-refractivity contribution in [2.45, 2.75) is 238 Å². The first-order chi connectivity index (χ1) is 27.5. The summed E-state index contributed by atoms with van der Waals surface area (Å²) >= 11 is 0. The second-order valence-corrected chi connectivity index (χ2v) is 15.9. The number of aliphatic hydroxyl groups is 2. The van der Waals surface area contributed by atoms with Crippen LogP contribution >= 0.6 is 0 Å². The highest BCUT2D eigenvalue weighted by atomic mass is 16.5. The predicted molar refractivity (Wildman–Crippen MR) is 241 cm³/mol. The van der Waals surface area contributed by atoms with Gasteiger partial charge in [0.2, 0.25) is 5.91 Å². The first-order valence-corrected chi connectivity index (χ1v) is 23.6. The van der Waals surface area contributed by atoms with E-state index in [1.807, 2.05) is 0 Å². The van der Waals surface area contributed by atoms with Crippen LogP contribution in [0.15, 0.2) is 60.8 Å². The van der Waals surface area contributed by atoms with E-state index < -0.39 is 18.2 Å². The van der Waals surface area contributed by atoms with Gasteiger partial charge < -0.3 is 20.3 Å². The number of carbonyl (C=O) groups excluding carboxylic acids is 2. The summed E-state index contributed by atoms with van der Waals surface area (Å²) in [7, 11) is 0. The zero-order valence-corrected chi connectivity index (χ0v) is 36.8. The summed E-state index contributed by atoms with van der Waals surface area (Å²) in [5, 5.41) is 23.6. The molecule has 56 heavy (non-hydrogen) atoms. The fraction of sp³-hybridized carbons (Fsp3) is 0.760. The Hall–Kier alpha value is -2.44. The Bertz CT molecular complexity index is 1010. The van der Waals surface area contributed by atoms with Crippen molar-refractivity contribution in [2.24, 2.45) is 0 Å². The summed E-state index contributed by atoms with van der Waals surface area (Å²) in [6.07, 6.45) is 52.8. The van der Waals surface area contributed by atoms with E-state index in [-0.39, 0.29) is 24.9 Å². The third-order valence-corrected chi connectivity index (χ3v) is 10.4. The number of ether oxygens (including phenoxy) is 1. The smallest absolute Gasteiger partial charge is 0.306 e. The van der Waals surface area contributed by atoms with E-state index in [4.69, 9.17) is 4.74 Å². The highest BCUT2D eigenvalue weighted by Gasteiger charge is 2.24. The maximum absolute atomic E-state index is 13.1. The molecule has 6 heteroatoms. The minimum absolute atomic E-state index is 0.0545. The third kappa shape index (κ3) is 38.4. The number of hydrogen-bond acceptors (Lipinski definition) is 5. The van der Waals surface area contributed by atoms with Crippen molar-refractivity contribution >= 4 is 11.9 Å². The minimum Gasteiger partial charge on any atom is -0.462 e. The van der Waals surface area contributed by atoms with Crippen molar-refractivity contribution in [3.8, 4) is 0 Å². The molecule has 0 saturated carbocycles. The van der Waals surface area contributed by atoms with Crippen LogP contribution in [0, 0.1) is 0 Å². The fourth-order valence-corrected chi connectivity index (χ4v) is 6.80. The molecular weight excluding hydrogens is 695 g/mol. The molecule has 0 aromatic heterocycles. The highest BCUT2D eigenvalue weighted by Crippen LogP contribution is 2.17. The molecule has 0 fully saturated rings. The topological polar surface area (TPSA) is 95.9 Å². The normalized spacial score (nSPS) is 13.9. The van der Waals surface area contributed by atoms with Gasteiger partial charge in [-0.15, -0.1) is 0 Å². The van der Waals surface area contributed by atoms with E-state index in [1.165, 1.54) is 70.6 Å². The number of carbonyl (C=O) groups is 2. The number of allylic oxidation sites excluding steroid dienone is 10. The molecule has 0 aliphatic carbocycles. The lowest BCUT2D eigenvalue weighted by atomic mass is 10.0. The fourth-order valence-electron chi connectivity index (χ4n) is 6.80. The quantitative estimate of drug-likeness (QED) is 0.0248. The predicted octanol–water partition coefficient (Wildman–Crippen LogP) is 13.7. The van der Waals surface area contributed by atoms with Gasteiger partial charge in [0.25, 0.3) is 0 Å². The van der Waals surface area contributed by atoms with Crippen LogP contribution < -0.4 is 5.32 Å². The van der Waals surface area contributed by atoms with Gasteiger partial charge >= 0.3 is 5.97 Å². The zero-order valence-electron chi connectivity index (χ0n) is 36.8. The average Bonchev–Trinajstić information content (AvgIpc) is 3.19. The highest BCUT2D eigenvalue weighted by molar-refractivity contribution is 5.77. The summed E-state index contributed by atoms with van der Waals surface area (Å²) < 4.78 is 5.87. The van der Waals surface area contributed by atoms with E-state index in [0.717, 1.165) is 103 Å². The number of nitrogens with one attached hydrogen (secondary N) is 1. The molecule has 3 unspecified atom stereocenters. The Morgan fingerprint density at radius 1 is 0.518 bits per heavy atom. The maximum Gasteiger partial charge on any atom is 0.306 e. The Morgan fingerprint density at radius 2 is 0.964 bits per heavy atom. The molecule has 0 aliphatic heterocycles. The summed E-state index contributed by atoms with van der Waals surface area (Å²) in [6.45, 7) is 6.34. The van der Waals surface area contributed by atoms with E-state index in [9.17, 15) is 19.8 Å². The molecule has 0 aromatic carbocycles. The first-order valence-electron chi connectivity index (χ1n) is 23.6. The molecule has 0 bridgehead atoms. The Kier molecular flexibility index (Phi) is 41.8. The molecule has 3 atom stereocenters. The number of esters is 1. The molecule has 0 aromatic rings.